The molecule has 2 rings (SSSR count). The van der Waals surface area contributed by atoms with E-state index in [1.165, 1.54) is 7.11 Å². The largest absolute Gasteiger partial charge is 0.503 e. The zero-order valence-corrected chi connectivity index (χ0v) is 15.0. The molecule has 1 fully saturated rings. The molecular formula is C17H27N3O4. The molecule has 7 heteroatoms. The topological polar surface area (TPSA) is 83.1 Å². The van der Waals surface area contributed by atoms with Gasteiger partial charge in [-0.15, -0.1) is 0 Å². The Morgan fingerprint density at radius 2 is 2.12 bits per heavy atom. The number of methoxy groups -OCH3 is 1. The average Bonchev–Trinajstić information content (AvgIpc) is 2.48. The maximum absolute atomic E-state index is 12.0. The highest BCUT2D eigenvalue weighted by atomic mass is 16.6. The molecule has 1 aliphatic heterocycles. The van der Waals surface area contributed by atoms with Crippen LogP contribution in [0.25, 0.3) is 0 Å². The normalized spacial score (nSPS) is 19.0. The minimum absolute atomic E-state index is 0.112. The summed E-state index contributed by atoms with van der Waals surface area (Å²) in [6, 6.07) is 3.69. The standard InChI is InChI=1S/C17H27N3O4/c1-17(2,3)24-16(22)19-12-8-11(9-14(23-5)15(12)21)13-10-18-6-7-20(13)4/h8-9,13,18,21H,6-7,10H2,1-5H3,(H,19,22). The van der Waals surface area contributed by atoms with Crippen LogP contribution in [0.15, 0.2) is 12.1 Å². The van der Waals surface area contributed by atoms with E-state index in [9.17, 15) is 9.90 Å². The summed E-state index contributed by atoms with van der Waals surface area (Å²) in [5.41, 5.74) is 0.609. The molecular weight excluding hydrogens is 310 g/mol. The number of amides is 1. The molecule has 0 aliphatic carbocycles. The molecule has 0 bridgehead atoms. The number of ether oxygens (including phenoxy) is 2. The minimum Gasteiger partial charge on any atom is -0.503 e. The maximum atomic E-state index is 12.0. The fourth-order valence-electron chi connectivity index (χ4n) is 2.66. The molecule has 7 nitrogen and oxygen atoms in total. The molecule has 0 saturated carbocycles. The summed E-state index contributed by atoms with van der Waals surface area (Å²) in [7, 11) is 3.53. The van der Waals surface area contributed by atoms with Crippen LogP contribution >= 0.6 is 0 Å². The van der Waals surface area contributed by atoms with E-state index >= 15 is 0 Å². The summed E-state index contributed by atoms with van der Waals surface area (Å²) in [4.78, 5) is 14.2. The second kappa shape index (κ2) is 7.27. The quantitative estimate of drug-likeness (QED) is 0.734. The summed E-state index contributed by atoms with van der Waals surface area (Å²) in [5, 5.41) is 16.3. The Morgan fingerprint density at radius 1 is 1.42 bits per heavy atom. The Labute approximate surface area is 142 Å². The van der Waals surface area contributed by atoms with Crippen LogP contribution in [0.4, 0.5) is 10.5 Å². The van der Waals surface area contributed by atoms with Crippen LogP contribution in [0.1, 0.15) is 32.4 Å². The number of phenolic OH excluding ortho intramolecular Hbond substituents is 1. The van der Waals surface area contributed by atoms with Gasteiger partial charge in [0.1, 0.15) is 5.60 Å². The molecule has 1 heterocycles. The summed E-state index contributed by atoms with van der Waals surface area (Å²) in [6.45, 7) is 7.99. The van der Waals surface area contributed by atoms with Gasteiger partial charge in [-0.25, -0.2) is 4.79 Å². The lowest BCUT2D eigenvalue weighted by Gasteiger charge is -2.33. The van der Waals surface area contributed by atoms with Crippen molar-refractivity contribution in [1.82, 2.24) is 10.2 Å². The van der Waals surface area contributed by atoms with E-state index in [0.29, 0.717) is 5.75 Å². The molecule has 1 aromatic rings. The lowest BCUT2D eigenvalue weighted by Crippen LogP contribution is -2.43. The van der Waals surface area contributed by atoms with E-state index in [0.717, 1.165) is 25.2 Å². The highest BCUT2D eigenvalue weighted by molar-refractivity contribution is 5.88. The number of anilines is 1. The Kier molecular flexibility index (Phi) is 5.56. The van der Waals surface area contributed by atoms with Gasteiger partial charge in [-0.3, -0.25) is 10.2 Å². The van der Waals surface area contributed by atoms with E-state index in [2.05, 4.69) is 15.5 Å². The van der Waals surface area contributed by atoms with Crippen molar-refractivity contribution >= 4 is 11.8 Å². The average molecular weight is 337 g/mol. The summed E-state index contributed by atoms with van der Waals surface area (Å²) < 4.78 is 10.5. The van der Waals surface area contributed by atoms with Crippen molar-refractivity contribution in [2.75, 3.05) is 39.1 Å². The third kappa shape index (κ3) is 4.52. The van der Waals surface area contributed by atoms with Crippen LogP contribution in [0.3, 0.4) is 0 Å². The van der Waals surface area contributed by atoms with Crippen LogP contribution in [0.2, 0.25) is 0 Å². The van der Waals surface area contributed by atoms with E-state index in [-0.39, 0.29) is 17.5 Å². The van der Waals surface area contributed by atoms with Crippen molar-refractivity contribution in [1.29, 1.82) is 0 Å². The van der Waals surface area contributed by atoms with Gasteiger partial charge in [0.25, 0.3) is 0 Å². The lowest BCUT2D eigenvalue weighted by atomic mass is 10.0. The molecule has 0 aromatic heterocycles. The zero-order chi connectivity index (χ0) is 17.9. The van der Waals surface area contributed by atoms with Gasteiger partial charge in [-0.05, 0) is 45.5 Å². The first-order chi connectivity index (χ1) is 11.2. The molecule has 1 amide bonds. The second-order valence-electron chi connectivity index (χ2n) is 6.95. The summed E-state index contributed by atoms with van der Waals surface area (Å²) >= 11 is 0. The summed E-state index contributed by atoms with van der Waals surface area (Å²) in [6.07, 6.45) is -0.618. The Balaban J connectivity index is 2.29. The number of phenols is 1. The van der Waals surface area contributed by atoms with Gasteiger partial charge in [-0.2, -0.15) is 0 Å². The van der Waals surface area contributed by atoms with E-state index in [4.69, 9.17) is 9.47 Å². The SMILES string of the molecule is COc1cc(C2CNCCN2C)cc(NC(=O)OC(C)(C)C)c1O. The first kappa shape index (κ1) is 18.4. The fraction of sp³-hybridized carbons (Fsp3) is 0.588. The number of likely N-dealkylation sites (N-methyl/N-ethyl adjacent to an activating group) is 1. The van der Waals surface area contributed by atoms with E-state index in [1.54, 1.807) is 32.9 Å². The Hall–Kier alpha value is -1.99. The van der Waals surface area contributed by atoms with Crippen molar-refractivity contribution in [2.45, 2.75) is 32.4 Å². The number of hydrogen-bond acceptors (Lipinski definition) is 6. The molecule has 1 aromatic carbocycles. The van der Waals surface area contributed by atoms with E-state index in [1.807, 2.05) is 7.05 Å². The number of aromatic hydroxyl groups is 1. The minimum atomic E-state index is -0.618. The molecule has 0 radical (unpaired) electrons. The lowest BCUT2D eigenvalue weighted by molar-refractivity contribution is 0.0635. The first-order valence-corrected chi connectivity index (χ1v) is 8.03. The monoisotopic (exact) mass is 337 g/mol. The van der Waals surface area contributed by atoms with Gasteiger partial charge >= 0.3 is 6.09 Å². The van der Waals surface area contributed by atoms with Crippen LogP contribution in [-0.4, -0.2) is 55.5 Å². The highest BCUT2D eigenvalue weighted by Crippen LogP contribution is 2.38. The smallest absolute Gasteiger partial charge is 0.412 e. The van der Waals surface area contributed by atoms with Crippen molar-refractivity contribution in [3.8, 4) is 11.5 Å². The first-order valence-electron chi connectivity index (χ1n) is 8.03. The molecule has 1 saturated heterocycles. The number of nitrogens with one attached hydrogen (secondary N) is 2. The van der Waals surface area contributed by atoms with Crippen LogP contribution < -0.4 is 15.4 Å². The van der Waals surface area contributed by atoms with Crippen molar-refractivity contribution in [3.05, 3.63) is 17.7 Å². The number of carbonyl (C=O) groups excluding carboxylic acids is 1. The molecule has 134 valence electrons. The molecule has 1 atom stereocenters. The predicted molar refractivity (Wildman–Crippen MR) is 92.8 cm³/mol. The second-order valence-corrected chi connectivity index (χ2v) is 6.95. The number of hydrogen-bond donors (Lipinski definition) is 3. The number of nitrogens with zero attached hydrogens (tertiary/aromatic N) is 1. The maximum Gasteiger partial charge on any atom is 0.412 e. The van der Waals surface area contributed by atoms with Crippen molar-refractivity contribution in [3.63, 3.8) is 0 Å². The van der Waals surface area contributed by atoms with Crippen molar-refractivity contribution in [2.24, 2.45) is 0 Å². The molecule has 0 spiro atoms. The number of benzene rings is 1. The summed E-state index contributed by atoms with van der Waals surface area (Å²) in [5.74, 6) is 0.205. The van der Waals surface area contributed by atoms with Gasteiger partial charge in [0.05, 0.1) is 12.8 Å². The van der Waals surface area contributed by atoms with Crippen LogP contribution in [-0.2, 0) is 4.74 Å². The van der Waals surface area contributed by atoms with Gasteiger partial charge < -0.3 is 19.9 Å². The van der Waals surface area contributed by atoms with Crippen LogP contribution in [0, 0.1) is 0 Å². The Bertz CT molecular complexity index is 598. The number of rotatable bonds is 3. The predicted octanol–water partition coefficient (Wildman–Crippen LogP) is 2.32. The van der Waals surface area contributed by atoms with Gasteiger partial charge in [0.15, 0.2) is 11.5 Å². The molecule has 1 unspecified atom stereocenters. The van der Waals surface area contributed by atoms with Gasteiger partial charge in [0, 0.05) is 25.7 Å². The zero-order valence-electron chi connectivity index (χ0n) is 15.0. The molecule has 24 heavy (non-hydrogen) atoms. The Morgan fingerprint density at radius 3 is 2.71 bits per heavy atom. The highest BCUT2D eigenvalue weighted by Gasteiger charge is 2.24. The van der Waals surface area contributed by atoms with Gasteiger partial charge in [0.2, 0.25) is 0 Å². The third-order valence-electron chi connectivity index (χ3n) is 3.85. The number of carbonyl (C=O) groups is 1. The third-order valence-corrected chi connectivity index (χ3v) is 3.85. The molecule has 3 N–H and O–H groups in total. The molecule has 1 aliphatic rings. The van der Waals surface area contributed by atoms with E-state index < -0.39 is 11.7 Å². The van der Waals surface area contributed by atoms with Crippen molar-refractivity contribution < 1.29 is 19.4 Å². The van der Waals surface area contributed by atoms with Gasteiger partial charge in [-0.1, -0.05) is 0 Å². The van der Waals surface area contributed by atoms with Crippen LogP contribution in [0.5, 0.6) is 11.5 Å². The fourth-order valence-corrected chi connectivity index (χ4v) is 2.66. The number of piperazine rings is 1.